The molecule has 2 rings (SSSR count). The van der Waals surface area contributed by atoms with Crippen molar-refractivity contribution in [2.75, 3.05) is 6.54 Å². The van der Waals surface area contributed by atoms with Crippen molar-refractivity contribution in [1.82, 2.24) is 0 Å². The molecular weight excluding hydrogens is 360 g/mol. The highest BCUT2D eigenvalue weighted by Crippen LogP contribution is 2.18. The normalized spacial score (nSPS) is 12.0. The van der Waals surface area contributed by atoms with Gasteiger partial charge in [0.15, 0.2) is 5.78 Å². The van der Waals surface area contributed by atoms with Gasteiger partial charge in [0, 0.05) is 40.0 Å². The van der Waals surface area contributed by atoms with Crippen LogP contribution in [0.5, 0.6) is 0 Å². The zero-order valence-corrected chi connectivity index (χ0v) is 14.3. The fourth-order valence-electron chi connectivity index (χ4n) is 2.33. The van der Waals surface area contributed by atoms with Crippen LogP contribution in [0.15, 0.2) is 54.6 Å². The van der Waals surface area contributed by atoms with E-state index in [0.717, 1.165) is 0 Å². The Balaban J connectivity index is 2.10. The third kappa shape index (κ3) is 5.78. The SMILES string of the molecule is O=C(C[C@@H](/C=C/c1ccc([N+](=O)[O-])cc1)C[N+](=O)[O-])c1ccc(Cl)cc1. The molecule has 0 aliphatic heterocycles. The van der Waals surface area contributed by atoms with Crippen molar-refractivity contribution in [3.8, 4) is 0 Å². The van der Waals surface area contributed by atoms with Crippen LogP contribution in [0.25, 0.3) is 6.08 Å². The summed E-state index contributed by atoms with van der Waals surface area (Å²) >= 11 is 5.79. The first-order valence-electron chi connectivity index (χ1n) is 7.68. The van der Waals surface area contributed by atoms with Gasteiger partial charge in [0.05, 0.1) is 4.92 Å². The third-order valence-electron chi connectivity index (χ3n) is 3.66. The van der Waals surface area contributed by atoms with Gasteiger partial charge in [-0.1, -0.05) is 23.8 Å². The maximum atomic E-state index is 12.3. The van der Waals surface area contributed by atoms with E-state index in [-0.39, 0.29) is 24.4 Å². The first-order valence-corrected chi connectivity index (χ1v) is 8.06. The van der Waals surface area contributed by atoms with Crippen LogP contribution in [0.4, 0.5) is 5.69 Å². The van der Waals surface area contributed by atoms with Gasteiger partial charge < -0.3 is 0 Å². The number of Topliss-reactive ketones (excluding diaryl/α,β-unsaturated/α-hetero) is 1. The molecule has 2 aromatic rings. The van der Waals surface area contributed by atoms with Gasteiger partial charge in [0.1, 0.15) is 0 Å². The second-order valence-electron chi connectivity index (χ2n) is 5.62. The number of hydrogen-bond donors (Lipinski definition) is 0. The average molecular weight is 375 g/mol. The molecule has 0 bridgehead atoms. The van der Waals surface area contributed by atoms with Gasteiger partial charge >= 0.3 is 0 Å². The van der Waals surface area contributed by atoms with Crippen molar-refractivity contribution in [2.45, 2.75) is 6.42 Å². The summed E-state index contributed by atoms with van der Waals surface area (Å²) in [6.45, 7) is -0.386. The summed E-state index contributed by atoms with van der Waals surface area (Å²) in [4.78, 5) is 32.8. The predicted molar refractivity (Wildman–Crippen MR) is 97.9 cm³/mol. The monoisotopic (exact) mass is 374 g/mol. The quantitative estimate of drug-likeness (QED) is 0.386. The van der Waals surface area contributed by atoms with E-state index in [1.807, 2.05) is 0 Å². The Bertz CT molecular complexity index is 832. The molecule has 0 heterocycles. The molecule has 1 atom stereocenters. The molecule has 0 aromatic heterocycles. The first-order chi connectivity index (χ1) is 12.3. The highest BCUT2D eigenvalue weighted by atomic mass is 35.5. The largest absolute Gasteiger partial charge is 0.294 e. The second kappa shape index (κ2) is 8.87. The summed E-state index contributed by atoms with van der Waals surface area (Å²) in [6, 6.07) is 12.1. The molecule has 0 amide bonds. The zero-order chi connectivity index (χ0) is 19.1. The van der Waals surface area contributed by atoms with Crippen molar-refractivity contribution in [3.05, 3.63) is 91.0 Å². The average Bonchev–Trinajstić information content (AvgIpc) is 2.60. The van der Waals surface area contributed by atoms with Gasteiger partial charge in [0.2, 0.25) is 6.54 Å². The minimum absolute atomic E-state index is 0.0217. The number of nitro benzene ring substituents is 1. The molecule has 0 N–H and O–H groups in total. The molecule has 0 unspecified atom stereocenters. The highest BCUT2D eigenvalue weighted by molar-refractivity contribution is 6.30. The van der Waals surface area contributed by atoms with Gasteiger partial charge in [-0.2, -0.15) is 0 Å². The highest BCUT2D eigenvalue weighted by Gasteiger charge is 2.18. The van der Waals surface area contributed by atoms with E-state index in [9.17, 15) is 25.0 Å². The van der Waals surface area contributed by atoms with Gasteiger partial charge in [-0.05, 0) is 42.0 Å². The minimum atomic E-state index is -0.594. The fraction of sp³-hybridized carbons (Fsp3) is 0.167. The van der Waals surface area contributed by atoms with Crippen molar-refractivity contribution in [3.63, 3.8) is 0 Å². The molecular formula is C18H15ClN2O5. The number of carbonyl (C=O) groups is 1. The topological polar surface area (TPSA) is 103 Å². The molecule has 7 nitrogen and oxygen atoms in total. The van der Waals surface area contributed by atoms with Crippen LogP contribution in [0, 0.1) is 26.1 Å². The lowest BCUT2D eigenvalue weighted by Gasteiger charge is -2.08. The maximum absolute atomic E-state index is 12.3. The molecule has 0 fully saturated rings. The summed E-state index contributed by atoms with van der Waals surface area (Å²) in [5.74, 6) is -0.815. The lowest BCUT2D eigenvalue weighted by molar-refractivity contribution is -0.485. The minimum Gasteiger partial charge on any atom is -0.294 e. The van der Waals surface area contributed by atoms with Crippen molar-refractivity contribution in [1.29, 1.82) is 0 Å². The lowest BCUT2D eigenvalue weighted by atomic mass is 9.97. The molecule has 8 heteroatoms. The summed E-state index contributed by atoms with van der Waals surface area (Å²) in [7, 11) is 0. The van der Waals surface area contributed by atoms with Crippen LogP contribution in [-0.2, 0) is 0 Å². The summed E-state index contributed by atoms with van der Waals surface area (Å²) in [5, 5.41) is 22.0. The van der Waals surface area contributed by atoms with E-state index in [2.05, 4.69) is 0 Å². The third-order valence-corrected chi connectivity index (χ3v) is 3.91. The Morgan fingerprint density at radius 3 is 2.19 bits per heavy atom. The molecule has 0 saturated carbocycles. The second-order valence-corrected chi connectivity index (χ2v) is 6.05. The Morgan fingerprint density at radius 1 is 1.04 bits per heavy atom. The first kappa shape index (κ1) is 19.3. The molecule has 0 radical (unpaired) electrons. The Hall–Kier alpha value is -3.06. The van der Waals surface area contributed by atoms with Crippen molar-refractivity contribution >= 4 is 29.1 Å². The standard InChI is InChI=1S/C18H15ClN2O5/c19-16-7-5-15(6-8-16)18(22)11-14(12-20(23)24)2-1-13-3-9-17(10-4-13)21(25)26/h1-10,14H,11-12H2/b2-1+/t14-/m1/s1. The zero-order valence-electron chi connectivity index (χ0n) is 13.6. The molecule has 0 aliphatic rings. The number of ketones is 1. The van der Waals surface area contributed by atoms with Gasteiger partial charge in [-0.15, -0.1) is 0 Å². The van der Waals surface area contributed by atoms with Crippen LogP contribution >= 0.6 is 11.6 Å². The Labute approximate surface area is 154 Å². The van der Waals surface area contributed by atoms with Gasteiger partial charge in [-0.25, -0.2) is 0 Å². The number of carbonyl (C=O) groups excluding carboxylic acids is 1. The Morgan fingerprint density at radius 2 is 1.65 bits per heavy atom. The molecule has 2 aromatic carbocycles. The number of benzene rings is 2. The number of hydrogen-bond acceptors (Lipinski definition) is 5. The Kier molecular flexibility index (Phi) is 6.57. The van der Waals surface area contributed by atoms with E-state index in [0.29, 0.717) is 16.1 Å². The molecule has 0 aliphatic carbocycles. The number of non-ortho nitro benzene ring substituents is 1. The van der Waals surface area contributed by atoms with E-state index < -0.39 is 15.8 Å². The van der Waals surface area contributed by atoms with E-state index in [1.54, 1.807) is 48.6 Å². The maximum Gasteiger partial charge on any atom is 0.269 e. The van der Waals surface area contributed by atoms with Crippen molar-refractivity contribution in [2.24, 2.45) is 5.92 Å². The van der Waals surface area contributed by atoms with Crippen LogP contribution in [0.1, 0.15) is 22.3 Å². The lowest BCUT2D eigenvalue weighted by Crippen LogP contribution is -2.16. The number of nitrogens with zero attached hydrogens (tertiary/aromatic N) is 2. The molecule has 0 spiro atoms. The summed E-state index contributed by atoms with van der Waals surface area (Å²) < 4.78 is 0. The van der Waals surface area contributed by atoms with E-state index in [4.69, 9.17) is 11.6 Å². The predicted octanol–water partition coefficient (Wildman–Crippen LogP) is 4.43. The summed E-state index contributed by atoms with van der Waals surface area (Å²) in [6.07, 6.45) is 3.18. The molecule has 0 saturated heterocycles. The summed E-state index contributed by atoms with van der Waals surface area (Å²) in [5.41, 5.74) is 1.05. The van der Waals surface area contributed by atoms with Crippen LogP contribution in [0.2, 0.25) is 5.02 Å². The van der Waals surface area contributed by atoms with Crippen LogP contribution in [-0.4, -0.2) is 22.2 Å². The molecule has 134 valence electrons. The van der Waals surface area contributed by atoms with E-state index in [1.165, 1.54) is 12.1 Å². The number of rotatable bonds is 8. The molecule has 26 heavy (non-hydrogen) atoms. The number of halogens is 1. The van der Waals surface area contributed by atoms with Crippen molar-refractivity contribution < 1.29 is 14.6 Å². The fourth-order valence-corrected chi connectivity index (χ4v) is 2.46. The van der Waals surface area contributed by atoms with Crippen LogP contribution in [0.3, 0.4) is 0 Å². The van der Waals surface area contributed by atoms with Gasteiger partial charge in [-0.3, -0.25) is 25.0 Å². The smallest absolute Gasteiger partial charge is 0.269 e. The van der Waals surface area contributed by atoms with Gasteiger partial charge in [0.25, 0.3) is 5.69 Å². The van der Waals surface area contributed by atoms with Crippen LogP contribution < -0.4 is 0 Å². The number of nitro groups is 2. The van der Waals surface area contributed by atoms with E-state index >= 15 is 0 Å².